The van der Waals surface area contributed by atoms with Crippen molar-refractivity contribution < 1.29 is 44.3 Å². The highest BCUT2D eigenvalue weighted by Gasteiger charge is 2.83. The molecule has 0 saturated carbocycles. The van der Waals surface area contributed by atoms with E-state index in [1.807, 2.05) is 0 Å². The first-order chi connectivity index (χ1) is 10.2. The molecule has 1 rings (SSSR count). The summed E-state index contributed by atoms with van der Waals surface area (Å²) in [5, 5.41) is 8.56. The molecule has 0 bridgehead atoms. The van der Waals surface area contributed by atoms with Crippen molar-refractivity contribution in [2.24, 2.45) is 0 Å². The number of ketones is 1. The lowest BCUT2D eigenvalue weighted by Crippen LogP contribution is -2.63. The predicted molar refractivity (Wildman–Crippen MR) is 56.4 cm³/mol. The zero-order valence-electron chi connectivity index (χ0n) is 10.6. The number of alkyl halides is 9. The Morgan fingerprint density at radius 2 is 1.35 bits per heavy atom. The summed E-state index contributed by atoms with van der Waals surface area (Å²) < 4.78 is 114. The minimum atomic E-state index is -7.17. The first-order valence-corrected chi connectivity index (χ1v) is 5.46. The minimum Gasteiger partial charge on any atom is -0.287 e. The third-order valence-corrected chi connectivity index (χ3v) is 2.72. The summed E-state index contributed by atoms with van der Waals surface area (Å²) in [4.78, 5) is 11.4. The Morgan fingerprint density at radius 1 is 0.870 bits per heavy atom. The average Bonchev–Trinajstić information content (AvgIpc) is 2.44. The van der Waals surface area contributed by atoms with Gasteiger partial charge in [-0.05, 0) is 12.1 Å². The highest BCUT2D eigenvalue weighted by atomic mass is 19.4. The molecule has 0 radical (unpaired) electrons. The zero-order chi connectivity index (χ0) is 18.3. The van der Waals surface area contributed by atoms with Crippen LogP contribution in [-0.4, -0.2) is 29.7 Å². The minimum absolute atomic E-state index is 0.427. The van der Waals surface area contributed by atoms with E-state index < -0.39 is 40.9 Å². The fraction of sp³-hybridized carbons (Fsp3) is 0.333. The van der Waals surface area contributed by atoms with Crippen LogP contribution in [0.1, 0.15) is 15.9 Å². The van der Waals surface area contributed by atoms with Crippen molar-refractivity contribution in [3.05, 3.63) is 35.4 Å². The molecule has 0 spiro atoms. The second-order valence-corrected chi connectivity index (χ2v) is 4.21. The molecule has 0 unspecified atom stereocenters. The van der Waals surface area contributed by atoms with E-state index in [-0.39, 0.29) is 0 Å². The van der Waals surface area contributed by atoms with Gasteiger partial charge in [-0.1, -0.05) is 12.1 Å². The molecule has 11 heteroatoms. The topological polar surface area (TPSA) is 40.9 Å². The van der Waals surface area contributed by atoms with Gasteiger partial charge in [0.05, 0.1) is 11.6 Å². The first-order valence-electron chi connectivity index (χ1n) is 5.46. The molecule has 1 aromatic carbocycles. The number of rotatable bonds is 4. The highest BCUT2D eigenvalue weighted by Crippen LogP contribution is 2.53. The zero-order valence-corrected chi connectivity index (χ0v) is 10.6. The largest absolute Gasteiger partial charge is 0.460 e. The van der Waals surface area contributed by atoms with Gasteiger partial charge in [0.1, 0.15) is 0 Å². The summed E-state index contributed by atoms with van der Waals surface area (Å²) >= 11 is 0. The van der Waals surface area contributed by atoms with Crippen molar-refractivity contribution >= 4 is 5.78 Å². The summed E-state index contributed by atoms with van der Waals surface area (Å²) in [5.41, 5.74) is -2.29. The van der Waals surface area contributed by atoms with Gasteiger partial charge < -0.3 is 0 Å². The molecule has 0 fully saturated rings. The second kappa shape index (κ2) is 5.43. The molecule has 1 aromatic rings. The molecular formula is C12H4F9NO. The molecule has 0 aromatic heterocycles. The Bertz CT molecular complexity index is 657. The van der Waals surface area contributed by atoms with Crippen LogP contribution in [0, 0.1) is 11.3 Å². The van der Waals surface area contributed by atoms with Gasteiger partial charge in [0.25, 0.3) is 0 Å². The van der Waals surface area contributed by atoms with Crippen molar-refractivity contribution in [1.82, 2.24) is 0 Å². The van der Waals surface area contributed by atoms with Gasteiger partial charge in [-0.2, -0.15) is 44.8 Å². The number of nitrogens with zero attached hydrogens (tertiary/aromatic N) is 1. The van der Waals surface area contributed by atoms with E-state index in [1.165, 1.54) is 0 Å². The van der Waals surface area contributed by atoms with Crippen LogP contribution in [0.3, 0.4) is 0 Å². The lowest BCUT2D eigenvalue weighted by atomic mass is 9.93. The first kappa shape index (κ1) is 18.8. The summed E-state index contributed by atoms with van der Waals surface area (Å²) in [6.07, 6.45) is -7.02. The van der Waals surface area contributed by atoms with Gasteiger partial charge in [0, 0.05) is 5.56 Å². The number of nitriles is 1. The fourth-order valence-electron chi connectivity index (χ4n) is 1.47. The summed E-state index contributed by atoms with van der Waals surface area (Å²) in [5.74, 6) is -23.7. The third-order valence-electron chi connectivity index (χ3n) is 2.72. The maximum absolute atomic E-state index is 13.4. The number of Topliss-reactive ketones (excluding diaryl/α,β-unsaturated/α-hetero) is 1. The van der Waals surface area contributed by atoms with Crippen LogP contribution >= 0.6 is 0 Å². The normalized spacial score (nSPS) is 13.6. The van der Waals surface area contributed by atoms with Gasteiger partial charge in [-0.15, -0.1) is 0 Å². The van der Waals surface area contributed by atoms with Crippen LogP contribution in [0.25, 0.3) is 0 Å². The van der Waals surface area contributed by atoms with E-state index in [0.717, 1.165) is 24.3 Å². The van der Waals surface area contributed by atoms with Crippen LogP contribution in [0.15, 0.2) is 24.3 Å². The average molecular weight is 349 g/mol. The highest BCUT2D eigenvalue weighted by molar-refractivity contribution is 6.04. The Kier molecular flexibility index (Phi) is 4.44. The second-order valence-electron chi connectivity index (χ2n) is 4.21. The Labute approximate surface area is 122 Å². The molecule has 23 heavy (non-hydrogen) atoms. The van der Waals surface area contributed by atoms with E-state index in [9.17, 15) is 44.3 Å². The lowest BCUT2D eigenvalue weighted by Gasteiger charge is -2.32. The van der Waals surface area contributed by atoms with Gasteiger partial charge in [-0.3, -0.25) is 4.79 Å². The van der Waals surface area contributed by atoms with Gasteiger partial charge in [0.15, 0.2) is 0 Å². The van der Waals surface area contributed by atoms with Crippen molar-refractivity contribution in [2.45, 2.75) is 23.9 Å². The molecule has 0 aliphatic rings. The third kappa shape index (κ3) is 2.73. The number of hydrogen-bond acceptors (Lipinski definition) is 2. The smallest absolute Gasteiger partial charge is 0.287 e. The van der Waals surface area contributed by atoms with Gasteiger partial charge in [-0.25, -0.2) is 0 Å². The fourth-order valence-corrected chi connectivity index (χ4v) is 1.47. The van der Waals surface area contributed by atoms with E-state index >= 15 is 0 Å². The molecule has 0 amide bonds. The molecule has 2 nitrogen and oxygen atoms in total. The van der Waals surface area contributed by atoms with E-state index in [4.69, 9.17) is 5.26 Å². The number of benzene rings is 1. The number of carbonyl (C=O) groups excluding carboxylic acids is 1. The van der Waals surface area contributed by atoms with Crippen LogP contribution in [0.4, 0.5) is 39.5 Å². The van der Waals surface area contributed by atoms with Crippen LogP contribution in [0.5, 0.6) is 0 Å². The maximum Gasteiger partial charge on any atom is 0.460 e. The molecule has 0 aliphatic heterocycles. The Morgan fingerprint density at radius 3 is 1.78 bits per heavy atom. The number of halogens is 9. The SMILES string of the molecule is N#Cc1ccccc1C(=O)C(F)(F)C(F)(F)C(F)(F)C(F)(F)F. The molecular weight excluding hydrogens is 345 g/mol. The molecule has 0 heterocycles. The van der Waals surface area contributed by atoms with Crippen molar-refractivity contribution in [2.75, 3.05) is 0 Å². The van der Waals surface area contributed by atoms with E-state index in [2.05, 4.69) is 0 Å². The summed E-state index contributed by atoms with van der Waals surface area (Å²) in [6, 6.07) is 4.19. The number of hydrogen-bond donors (Lipinski definition) is 0. The lowest BCUT2D eigenvalue weighted by molar-refractivity contribution is -0.386. The number of carbonyl (C=O) groups is 1. The van der Waals surface area contributed by atoms with Crippen LogP contribution in [0.2, 0.25) is 0 Å². The molecule has 0 saturated heterocycles. The quantitative estimate of drug-likeness (QED) is 0.604. The predicted octanol–water partition coefficient (Wildman–Crippen LogP) is 4.21. The Balaban J connectivity index is 3.46. The summed E-state index contributed by atoms with van der Waals surface area (Å²) in [6.45, 7) is 0. The van der Waals surface area contributed by atoms with Crippen LogP contribution in [-0.2, 0) is 0 Å². The molecule has 0 atom stereocenters. The van der Waals surface area contributed by atoms with Crippen molar-refractivity contribution in [3.63, 3.8) is 0 Å². The summed E-state index contributed by atoms with van der Waals surface area (Å²) in [7, 11) is 0. The van der Waals surface area contributed by atoms with Crippen molar-refractivity contribution in [3.8, 4) is 6.07 Å². The maximum atomic E-state index is 13.4. The monoisotopic (exact) mass is 349 g/mol. The van der Waals surface area contributed by atoms with Crippen molar-refractivity contribution in [1.29, 1.82) is 5.26 Å². The Hall–Kier alpha value is -2.25. The van der Waals surface area contributed by atoms with Crippen LogP contribution < -0.4 is 0 Å². The van der Waals surface area contributed by atoms with Gasteiger partial charge >= 0.3 is 23.9 Å². The molecule has 0 aliphatic carbocycles. The van der Waals surface area contributed by atoms with Gasteiger partial charge in [0.2, 0.25) is 5.78 Å². The standard InChI is InChI=1S/C12H4F9NO/c13-9(14,10(15,16)11(17,18)12(19,20)21)8(23)7-4-2-1-3-6(7)5-22/h1-4H. The van der Waals surface area contributed by atoms with E-state index in [0.29, 0.717) is 6.07 Å². The molecule has 0 N–H and O–H groups in total. The van der Waals surface area contributed by atoms with E-state index in [1.54, 1.807) is 0 Å². The molecule has 126 valence electrons.